The Hall–Kier alpha value is -1.03. The third-order valence-electron chi connectivity index (χ3n) is 2.06. The number of carbonyl (C=O) groups excluding carboxylic acids is 1. The third-order valence-corrected chi connectivity index (χ3v) is 2.87. The van der Waals surface area contributed by atoms with E-state index in [1.165, 1.54) is 17.8 Å². The second-order valence-electron chi connectivity index (χ2n) is 3.75. The predicted octanol–water partition coefficient (Wildman–Crippen LogP) is 3.13. The smallest absolute Gasteiger partial charge is 0.263 e. The molecule has 0 saturated heterocycles. The molecule has 84 valence electrons. The number of nitrogens with one attached hydrogen (secondary N) is 1. The predicted molar refractivity (Wildman–Crippen MR) is 63.6 cm³/mol. The average molecular weight is 227 g/mol. The van der Waals surface area contributed by atoms with Gasteiger partial charge in [0.25, 0.3) is 5.91 Å². The minimum absolute atomic E-state index is 0.0741. The maximum Gasteiger partial charge on any atom is 0.263 e. The van der Waals surface area contributed by atoms with Crippen molar-refractivity contribution in [2.45, 2.75) is 27.2 Å². The second-order valence-corrected chi connectivity index (χ2v) is 4.67. The number of hydrogen-bond acceptors (Lipinski definition) is 3. The van der Waals surface area contributed by atoms with Gasteiger partial charge in [-0.3, -0.25) is 4.79 Å². The highest BCUT2D eigenvalue weighted by molar-refractivity contribution is 7.14. The summed E-state index contributed by atoms with van der Waals surface area (Å²) in [6.45, 7) is 6.79. The molecular formula is C11H17NO2S. The van der Waals surface area contributed by atoms with Gasteiger partial charge in [0.2, 0.25) is 0 Å². The van der Waals surface area contributed by atoms with E-state index in [2.05, 4.69) is 26.1 Å². The molecule has 15 heavy (non-hydrogen) atoms. The molecule has 3 nitrogen and oxygen atoms in total. The van der Waals surface area contributed by atoms with Crippen LogP contribution in [0.25, 0.3) is 0 Å². The van der Waals surface area contributed by atoms with Crippen molar-refractivity contribution in [3.63, 3.8) is 0 Å². The highest BCUT2D eigenvalue weighted by Crippen LogP contribution is 2.32. The Morgan fingerprint density at radius 2 is 2.27 bits per heavy atom. The summed E-state index contributed by atoms with van der Waals surface area (Å²) in [7, 11) is 0. The van der Waals surface area contributed by atoms with Crippen molar-refractivity contribution in [1.29, 1.82) is 0 Å². The number of fused-ring (bicyclic) bond motifs is 1. The lowest BCUT2D eigenvalue weighted by Gasteiger charge is -2.12. The van der Waals surface area contributed by atoms with Crippen LogP contribution >= 0.6 is 11.3 Å². The summed E-state index contributed by atoms with van der Waals surface area (Å²) in [5, 5.41) is 5.40. The summed E-state index contributed by atoms with van der Waals surface area (Å²) < 4.78 is 5.07. The Morgan fingerprint density at radius 3 is 2.87 bits per heavy atom. The minimum atomic E-state index is -0.0741. The SMILES string of the molecule is CCC(C)C.O=C1COc2ccsc2N1. The lowest BCUT2D eigenvalue weighted by atomic mass is 10.2. The van der Waals surface area contributed by atoms with Crippen LogP contribution in [0.15, 0.2) is 11.4 Å². The Bertz CT molecular complexity index is 320. The molecule has 0 saturated carbocycles. The molecular weight excluding hydrogens is 210 g/mol. The van der Waals surface area contributed by atoms with Crippen molar-refractivity contribution in [2.24, 2.45) is 5.92 Å². The molecule has 1 amide bonds. The van der Waals surface area contributed by atoms with Crippen molar-refractivity contribution >= 4 is 22.2 Å². The molecule has 2 rings (SSSR count). The van der Waals surface area contributed by atoms with E-state index in [0.717, 1.165) is 16.7 Å². The van der Waals surface area contributed by atoms with Crippen molar-refractivity contribution in [1.82, 2.24) is 0 Å². The number of hydrogen-bond donors (Lipinski definition) is 1. The highest BCUT2D eigenvalue weighted by atomic mass is 32.1. The summed E-state index contributed by atoms with van der Waals surface area (Å²) in [6, 6.07) is 1.85. The molecule has 0 atom stereocenters. The number of carbonyl (C=O) groups is 1. The van der Waals surface area contributed by atoms with Gasteiger partial charge in [-0.1, -0.05) is 27.2 Å². The number of ether oxygens (including phenoxy) is 1. The zero-order valence-corrected chi connectivity index (χ0v) is 10.2. The molecule has 0 aromatic carbocycles. The first kappa shape index (κ1) is 12.0. The van der Waals surface area contributed by atoms with Gasteiger partial charge >= 0.3 is 0 Å². The minimum Gasteiger partial charge on any atom is -0.481 e. The molecule has 1 N–H and O–H groups in total. The van der Waals surface area contributed by atoms with Crippen molar-refractivity contribution in [3.05, 3.63) is 11.4 Å². The van der Waals surface area contributed by atoms with Crippen LogP contribution in [0.4, 0.5) is 5.00 Å². The monoisotopic (exact) mass is 227 g/mol. The summed E-state index contributed by atoms with van der Waals surface area (Å²) in [4.78, 5) is 10.7. The quantitative estimate of drug-likeness (QED) is 0.800. The molecule has 4 heteroatoms. The third kappa shape index (κ3) is 3.91. The summed E-state index contributed by atoms with van der Waals surface area (Å²) in [6.07, 6.45) is 1.31. The molecule has 0 radical (unpaired) electrons. The van der Waals surface area contributed by atoms with Crippen LogP contribution in [0.1, 0.15) is 27.2 Å². The Balaban J connectivity index is 0.000000195. The van der Waals surface area contributed by atoms with E-state index in [4.69, 9.17) is 4.74 Å². The van der Waals surface area contributed by atoms with Gasteiger partial charge in [0.05, 0.1) is 0 Å². The fourth-order valence-corrected chi connectivity index (χ4v) is 1.55. The topological polar surface area (TPSA) is 38.3 Å². The van der Waals surface area contributed by atoms with E-state index in [-0.39, 0.29) is 12.5 Å². The molecule has 0 fully saturated rings. The van der Waals surface area contributed by atoms with Gasteiger partial charge in [-0.05, 0) is 17.4 Å². The van der Waals surface area contributed by atoms with Gasteiger partial charge in [-0.2, -0.15) is 0 Å². The first-order valence-corrected chi connectivity index (χ1v) is 6.01. The van der Waals surface area contributed by atoms with Gasteiger partial charge < -0.3 is 10.1 Å². The summed E-state index contributed by atoms with van der Waals surface area (Å²) in [5.41, 5.74) is 0. The second kappa shape index (κ2) is 5.75. The van der Waals surface area contributed by atoms with Crippen LogP contribution in [0.3, 0.4) is 0 Å². The van der Waals surface area contributed by atoms with Gasteiger partial charge in [0.15, 0.2) is 12.4 Å². The van der Waals surface area contributed by atoms with E-state index in [9.17, 15) is 4.79 Å². The molecule has 0 unspecified atom stereocenters. The zero-order valence-electron chi connectivity index (χ0n) is 9.37. The standard InChI is InChI=1S/C6H5NO2S.C5H12/c8-5-3-9-4-1-2-10-6(4)7-5;1-4-5(2)3/h1-2H,3H2,(H,7,8);5H,4H2,1-3H3. The van der Waals surface area contributed by atoms with Crippen LogP contribution in [-0.2, 0) is 4.79 Å². The number of thiophene rings is 1. The fraction of sp³-hybridized carbons (Fsp3) is 0.545. The van der Waals surface area contributed by atoms with Crippen LogP contribution in [0.2, 0.25) is 0 Å². The molecule has 0 aliphatic carbocycles. The lowest BCUT2D eigenvalue weighted by Crippen LogP contribution is -2.23. The Kier molecular flexibility index (Phi) is 4.62. The van der Waals surface area contributed by atoms with Crippen LogP contribution < -0.4 is 10.1 Å². The van der Waals surface area contributed by atoms with Crippen molar-refractivity contribution in [3.8, 4) is 5.75 Å². The van der Waals surface area contributed by atoms with E-state index < -0.39 is 0 Å². The fourth-order valence-electron chi connectivity index (χ4n) is 0.808. The molecule has 0 spiro atoms. The first-order valence-electron chi connectivity index (χ1n) is 5.13. The normalized spacial score (nSPS) is 13.5. The first-order chi connectivity index (χ1) is 7.13. The number of anilines is 1. The maximum atomic E-state index is 10.7. The zero-order chi connectivity index (χ0) is 11.3. The van der Waals surface area contributed by atoms with E-state index in [1.54, 1.807) is 0 Å². The van der Waals surface area contributed by atoms with Crippen LogP contribution in [-0.4, -0.2) is 12.5 Å². The largest absolute Gasteiger partial charge is 0.481 e. The molecule has 1 aliphatic rings. The lowest BCUT2D eigenvalue weighted by molar-refractivity contribution is -0.118. The molecule has 1 aromatic heterocycles. The van der Waals surface area contributed by atoms with Crippen LogP contribution in [0, 0.1) is 5.92 Å². The van der Waals surface area contributed by atoms with E-state index >= 15 is 0 Å². The number of amides is 1. The Morgan fingerprint density at radius 1 is 1.60 bits per heavy atom. The van der Waals surface area contributed by atoms with Gasteiger partial charge in [0.1, 0.15) is 5.00 Å². The molecule has 0 bridgehead atoms. The summed E-state index contributed by atoms with van der Waals surface area (Å²) >= 11 is 1.47. The van der Waals surface area contributed by atoms with Crippen molar-refractivity contribution in [2.75, 3.05) is 11.9 Å². The average Bonchev–Trinajstić information content (AvgIpc) is 2.65. The maximum absolute atomic E-state index is 10.7. The molecule has 1 aliphatic heterocycles. The van der Waals surface area contributed by atoms with E-state index in [0.29, 0.717) is 0 Å². The van der Waals surface area contributed by atoms with E-state index in [1.807, 2.05) is 11.4 Å². The molecule has 2 heterocycles. The number of rotatable bonds is 1. The van der Waals surface area contributed by atoms with Gasteiger partial charge in [-0.15, -0.1) is 11.3 Å². The van der Waals surface area contributed by atoms with Crippen molar-refractivity contribution < 1.29 is 9.53 Å². The van der Waals surface area contributed by atoms with Gasteiger partial charge in [0, 0.05) is 0 Å². The molecule has 1 aromatic rings. The Labute approximate surface area is 94.5 Å². The highest BCUT2D eigenvalue weighted by Gasteiger charge is 2.15. The van der Waals surface area contributed by atoms with Crippen LogP contribution in [0.5, 0.6) is 5.75 Å². The summed E-state index contributed by atoms with van der Waals surface area (Å²) in [5.74, 6) is 1.59. The van der Waals surface area contributed by atoms with Gasteiger partial charge in [-0.25, -0.2) is 0 Å².